The van der Waals surface area contributed by atoms with Gasteiger partial charge in [-0.2, -0.15) is 0 Å². The summed E-state index contributed by atoms with van der Waals surface area (Å²) < 4.78 is 0. The van der Waals surface area contributed by atoms with Gasteiger partial charge in [-0.05, 0) is 36.8 Å². The molecule has 0 amide bonds. The lowest BCUT2D eigenvalue weighted by Crippen LogP contribution is -2.04. The van der Waals surface area contributed by atoms with Gasteiger partial charge in [0.25, 0.3) is 0 Å². The zero-order chi connectivity index (χ0) is 8.55. The third-order valence-corrected chi connectivity index (χ3v) is 2.49. The molecule has 1 aliphatic rings. The molecule has 1 aromatic carbocycles. The van der Waals surface area contributed by atoms with E-state index in [-0.39, 0.29) is 6.04 Å². The third kappa shape index (κ3) is 1.51. The lowest BCUT2D eigenvalue weighted by molar-refractivity contribution is 0.815. The van der Waals surface area contributed by atoms with Crippen LogP contribution in [0.25, 0.3) is 0 Å². The van der Waals surface area contributed by atoms with Crippen molar-refractivity contribution in [1.29, 1.82) is 0 Å². The van der Waals surface area contributed by atoms with Crippen molar-refractivity contribution in [3.8, 4) is 0 Å². The first-order chi connectivity index (χ1) is 5.77. The second-order valence-electron chi connectivity index (χ2n) is 3.73. The number of hydrogen-bond acceptors (Lipinski definition) is 1. The highest BCUT2D eigenvalue weighted by Crippen LogP contribution is 2.40. The topological polar surface area (TPSA) is 26.0 Å². The van der Waals surface area contributed by atoms with Crippen molar-refractivity contribution in [2.75, 3.05) is 0 Å². The van der Waals surface area contributed by atoms with Crippen molar-refractivity contribution >= 4 is 0 Å². The van der Waals surface area contributed by atoms with E-state index in [0.29, 0.717) is 0 Å². The molecule has 2 N–H and O–H groups in total. The summed E-state index contributed by atoms with van der Waals surface area (Å²) in [5.74, 6) is 0.837. The van der Waals surface area contributed by atoms with Crippen molar-refractivity contribution in [2.24, 2.45) is 5.73 Å². The SMILES string of the molecule is CC(N)c1cccc(C2CC2)c1. The molecule has 1 saturated carbocycles. The Bertz CT molecular complexity index is 257. The quantitative estimate of drug-likeness (QED) is 0.708. The van der Waals surface area contributed by atoms with E-state index in [9.17, 15) is 0 Å². The summed E-state index contributed by atoms with van der Waals surface area (Å²) in [6.45, 7) is 2.03. The molecule has 2 rings (SSSR count). The van der Waals surface area contributed by atoms with E-state index in [4.69, 9.17) is 5.73 Å². The fourth-order valence-electron chi connectivity index (χ4n) is 1.51. The van der Waals surface area contributed by atoms with Gasteiger partial charge in [-0.15, -0.1) is 0 Å². The van der Waals surface area contributed by atoms with Crippen molar-refractivity contribution in [2.45, 2.75) is 31.7 Å². The minimum atomic E-state index is 0.170. The Kier molecular flexibility index (Phi) is 1.89. The molecule has 1 aromatic rings. The molecule has 1 aliphatic carbocycles. The van der Waals surface area contributed by atoms with Crippen molar-refractivity contribution in [3.63, 3.8) is 0 Å². The van der Waals surface area contributed by atoms with Gasteiger partial charge >= 0.3 is 0 Å². The predicted octanol–water partition coefficient (Wildman–Crippen LogP) is 2.58. The zero-order valence-electron chi connectivity index (χ0n) is 7.46. The van der Waals surface area contributed by atoms with E-state index < -0.39 is 0 Å². The molecule has 0 spiro atoms. The maximum Gasteiger partial charge on any atom is 0.0266 e. The maximum atomic E-state index is 5.80. The largest absolute Gasteiger partial charge is 0.324 e. The monoisotopic (exact) mass is 161 g/mol. The van der Waals surface area contributed by atoms with E-state index in [1.807, 2.05) is 6.92 Å². The Hall–Kier alpha value is -0.820. The van der Waals surface area contributed by atoms with Crippen LogP contribution in [0.3, 0.4) is 0 Å². The van der Waals surface area contributed by atoms with Gasteiger partial charge in [0.2, 0.25) is 0 Å². The average Bonchev–Trinajstić information content (AvgIpc) is 2.87. The van der Waals surface area contributed by atoms with Crippen LogP contribution in [0, 0.1) is 0 Å². The molecule has 0 radical (unpaired) electrons. The van der Waals surface area contributed by atoms with Gasteiger partial charge in [0.05, 0.1) is 0 Å². The average molecular weight is 161 g/mol. The first-order valence-corrected chi connectivity index (χ1v) is 4.63. The van der Waals surface area contributed by atoms with Crippen LogP contribution < -0.4 is 5.73 Å². The number of rotatable bonds is 2. The summed E-state index contributed by atoms with van der Waals surface area (Å²) in [7, 11) is 0. The van der Waals surface area contributed by atoms with E-state index >= 15 is 0 Å². The Morgan fingerprint density at radius 3 is 2.75 bits per heavy atom. The fraction of sp³-hybridized carbons (Fsp3) is 0.455. The van der Waals surface area contributed by atoms with Gasteiger partial charge < -0.3 is 5.73 Å². The van der Waals surface area contributed by atoms with Gasteiger partial charge in [-0.25, -0.2) is 0 Å². The van der Waals surface area contributed by atoms with Crippen molar-refractivity contribution in [1.82, 2.24) is 0 Å². The van der Waals surface area contributed by atoms with Gasteiger partial charge in [0.1, 0.15) is 0 Å². The third-order valence-electron chi connectivity index (χ3n) is 2.49. The van der Waals surface area contributed by atoms with Gasteiger partial charge in [-0.3, -0.25) is 0 Å². The van der Waals surface area contributed by atoms with Gasteiger partial charge in [-0.1, -0.05) is 24.3 Å². The number of hydrogen-bond donors (Lipinski definition) is 1. The molecule has 0 heterocycles. The summed E-state index contributed by atoms with van der Waals surface area (Å²) in [5.41, 5.74) is 8.54. The maximum absolute atomic E-state index is 5.80. The van der Waals surface area contributed by atoms with Crippen LogP contribution in [-0.2, 0) is 0 Å². The van der Waals surface area contributed by atoms with E-state index in [1.165, 1.54) is 24.0 Å². The fourth-order valence-corrected chi connectivity index (χ4v) is 1.51. The zero-order valence-corrected chi connectivity index (χ0v) is 7.46. The van der Waals surface area contributed by atoms with E-state index in [2.05, 4.69) is 24.3 Å². The molecule has 64 valence electrons. The number of nitrogens with two attached hydrogens (primary N) is 1. The van der Waals surface area contributed by atoms with Crippen molar-refractivity contribution < 1.29 is 0 Å². The smallest absolute Gasteiger partial charge is 0.0266 e. The lowest BCUT2D eigenvalue weighted by atomic mass is 10.0. The molecule has 0 aromatic heterocycles. The first kappa shape index (κ1) is 7.81. The molecule has 0 bridgehead atoms. The molecule has 1 atom stereocenters. The minimum absolute atomic E-state index is 0.170. The van der Waals surface area contributed by atoms with Crippen LogP contribution in [0.1, 0.15) is 42.9 Å². The molecular weight excluding hydrogens is 146 g/mol. The lowest BCUT2D eigenvalue weighted by Gasteiger charge is -2.06. The molecule has 1 unspecified atom stereocenters. The molecule has 1 nitrogen and oxygen atoms in total. The van der Waals surface area contributed by atoms with Crippen LogP contribution in [0.5, 0.6) is 0 Å². The van der Waals surface area contributed by atoms with Crippen LogP contribution >= 0.6 is 0 Å². The number of benzene rings is 1. The minimum Gasteiger partial charge on any atom is -0.324 e. The summed E-state index contributed by atoms with van der Waals surface area (Å²) >= 11 is 0. The Labute approximate surface area is 73.6 Å². The highest BCUT2D eigenvalue weighted by molar-refractivity contribution is 5.30. The first-order valence-electron chi connectivity index (χ1n) is 4.63. The Balaban J connectivity index is 2.26. The Morgan fingerprint density at radius 1 is 1.42 bits per heavy atom. The summed E-state index contributed by atoms with van der Waals surface area (Å²) in [6.07, 6.45) is 2.73. The van der Waals surface area contributed by atoms with Gasteiger partial charge in [0.15, 0.2) is 0 Å². The van der Waals surface area contributed by atoms with Crippen molar-refractivity contribution in [3.05, 3.63) is 35.4 Å². The van der Waals surface area contributed by atoms with Gasteiger partial charge in [0, 0.05) is 6.04 Å². The van der Waals surface area contributed by atoms with E-state index in [1.54, 1.807) is 0 Å². The Morgan fingerprint density at radius 2 is 2.17 bits per heavy atom. The predicted molar refractivity (Wildman–Crippen MR) is 51.0 cm³/mol. The standard InChI is InChI=1S/C11H15N/c1-8(12)10-3-2-4-11(7-10)9-5-6-9/h2-4,7-9H,5-6,12H2,1H3. The highest BCUT2D eigenvalue weighted by atomic mass is 14.6. The highest BCUT2D eigenvalue weighted by Gasteiger charge is 2.23. The second kappa shape index (κ2) is 2.91. The molecule has 1 fully saturated rings. The van der Waals surface area contributed by atoms with Crippen LogP contribution in [0.15, 0.2) is 24.3 Å². The van der Waals surface area contributed by atoms with Crippen LogP contribution in [0.4, 0.5) is 0 Å². The molecule has 12 heavy (non-hydrogen) atoms. The van der Waals surface area contributed by atoms with Crippen LogP contribution in [0.2, 0.25) is 0 Å². The summed E-state index contributed by atoms with van der Waals surface area (Å²) in [5, 5.41) is 0. The second-order valence-corrected chi connectivity index (χ2v) is 3.73. The molecule has 0 aliphatic heterocycles. The summed E-state index contributed by atoms with van der Waals surface area (Å²) in [4.78, 5) is 0. The van der Waals surface area contributed by atoms with E-state index in [0.717, 1.165) is 5.92 Å². The van der Waals surface area contributed by atoms with Crippen LogP contribution in [-0.4, -0.2) is 0 Å². The summed E-state index contributed by atoms with van der Waals surface area (Å²) in [6, 6.07) is 8.86. The molecule has 1 heteroatoms. The normalized spacial score (nSPS) is 19.2. The molecule has 0 saturated heterocycles. The molecular formula is C11H15N.